The Hall–Kier alpha value is -2.77. The van der Waals surface area contributed by atoms with E-state index in [0.717, 1.165) is 20.3 Å². The number of fused-ring (bicyclic) bond motifs is 1. The molecule has 0 bridgehead atoms. The van der Waals surface area contributed by atoms with Gasteiger partial charge in [0.15, 0.2) is 0 Å². The van der Waals surface area contributed by atoms with Gasteiger partial charge in [0, 0.05) is 16.1 Å². The molecule has 7 heteroatoms. The van der Waals surface area contributed by atoms with Crippen LogP contribution in [0.25, 0.3) is 21.4 Å². The molecule has 0 saturated heterocycles. The minimum atomic E-state index is -0.386. The molecule has 128 valence electrons. The van der Waals surface area contributed by atoms with E-state index in [9.17, 15) is 4.79 Å². The van der Waals surface area contributed by atoms with Crippen LogP contribution in [-0.4, -0.2) is 11.2 Å². The summed E-state index contributed by atoms with van der Waals surface area (Å²) in [4.78, 5) is 17.3. The van der Waals surface area contributed by atoms with Gasteiger partial charge in [-0.15, -0.1) is 0 Å². The fourth-order valence-corrected chi connectivity index (χ4v) is 3.57. The highest BCUT2D eigenvalue weighted by Crippen LogP contribution is 2.29. The van der Waals surface area contributed by atoms with Crippen molar-refractivity contribution in [2.24, 2.45) is 5.10 Å². The van der Waals surface area contributed by atoms with Gasteiger partial charge in [-0.05, 0) is 29.8 Å². The first-order valence-electron chi connectivity index (χ1n) is 7.73. The predicted molar refractivity (Wildman–Crippen MR) is 109 cm³/mol. The van der Waals surface area contributed by atoms with Gasteiger partial charge in [-0.25, -0.2) is 9.78 Å². The summed E-state index contributed by atoms with van der Waals surface area (Å²) in [5.41, 5.74) is 4.52. The van der Waals surface area contributed by atoms with E-state index in [4.69, 9.17) is 4.42 Å². The average molecular weight is 426 g/mol. The molecule has 0 fully saturated rings. The first-order chi connectivity index (χ1) is 12.7. The van der Waals surface area contributed by atoms with E-state index in [2.05, 4.69) is 31.4 Å². The number of thiazole rings is 1. The van der Waals surface area contributed by atoms with Gasteiger partial charge in [0.1, 0.15) is 5.58 Å². The second-order valence-corrected chi connectivity index (χ2v) is 7.39. The van der Waals surface area contributed by atoms with E-state index in [0.29, 0.717) is 16.3 Å². The lowest BCUT2D eigenvalue weighted by Crippen LogP contribution is -2.01. The van der Waals surface area contributed by atoms with Crippen LogP contribution in [-0.2, 0) is 0 Å². The molecular weight excluding hydrogens is 414 g/mol. The molecule has 0 unspecified atom stereocenters. The molecule has 5 nitrogen and oxygen atoms in total. The lowest BCUT2D eigenvalue weighted by atomic mass is 10.2. The Bertz CT molecular complexity index is 1150. The van der Waals surface area contributed by atoms with Gasteiger partial charge in [-0.1, -0.05) is 57.6 Å². The van der Waals surface area contributed by atoms with E-state index in [1.807, 2.05) is 48.5 Å². The number of hydrogen-bond acceptors (Lipinski definition) is 6. The molecular formula is C19H12BrN3O2S. The quantitative estimate of drug-likeness (QED) is 0.279. The first kappa shape index (κ1) is 16.7. The summed E-state index contributed by atoms with van der Waals surface area (Å²) in [6, 6.07) is 17.1. The van der Waals surface area contributed by atoms with Gasteiger partial charge in [-0.2, -0.15) is 5.10 Å². The molecule has 1 N–H and O–H groups in total. The molecule has 0 spiro atoms. The SMILES string of the molecule is O=c1oc2ccc(Br)cc2cc1-c1cnc(N/N=C\c2ccccc2)s1. The maximum Gasteiger partial charge on any atom is 0.345 e. The van der Waals surface area contributed by atoms with Crippen LogP contribution in [0.3, 0.4) is 0 Å². The maximum absolute atomic E-state index is 12.3. The van der Waals surface area contributed by atoms with Gasteiger partial charge in [0.25, 0.3) is 0 Å². The summed E-state index contributed by atoms with van der Waals surface area (Å²) in [5.74, 6) is 0. The lowest BCUT2D eigenvalue weighted by molar-refractivity contribution is 0.563. The number of nitrogens with zero attached hydrogens (tertiary/aromatic N) is 2. The standard InChI is InChI=1S/C19H12BrN3O2S/c20-14-6-7-16-13(8-14)9-15(18(24)25-16)17-11-21-19(26-17)23-22-10-12-4-2-1-3-5-12/h1-11H,(H,21,23)/b22-10-. The van der Waals surface area contributed by atoms with E-state index < -0.39 is 0 Å². The minimum absolute atomic E-state index is 0.386. The fourth-order valence-electron chi connectivity index (χ4n) is 2.42. The maximum atomic E-state index is 12.3. The van der Waals surface area contributed by atoms with E-state index in [1.165, 1.54) is 11.3 Å². The number of hydrogen-bond donors (Lipinski definition) is 1. The number of rotatable bonds is 4. The average Bonchev–Trinajstić information content (AvgIpc) is 3.11. The number of nitrogens with one attached hydrogen (secondary N) is 1. The molecule has 2 aromatic heterocycles. The highest BCUT2D eigenvalue weighted by Gasteiger charge is 2.11. The third-order valence-electron chi connectivity index (χ3n) is 3.64. The summed E-state index contributed by atoms with van der Waals surface area (Å²) in [7, 11) is 0. The van der Waals surface area contributed by atoms with E-state index >= 15 is 0 Å². The van der Waals surface area contributed by atoms with Crippen LogP contribution in [0.5, 0.6) is 0 Å². The molecule has 0 atom stereocenters. The second-order valence-electron chi connectivity index (χ2n) is 5.44. The van der Waals surface area contributed by atoms with Gasteiger partial charge in [-0.3, -0.25) is 5.43 Å². The van der Waals surface area contributed by atoms with Gasteiger partial charge in [0.05, 0.1) is 16.7 Å². The summed E-state index contributed by atoms with van der Waals surface area (Å²) in [6.07, 6.45) is 3.35. The smallest absolute Gasteiger partial charge is 0.345 e. The molecule has 0 aliphatic heterocycles. The van der Waals surface area contributed by atoms with E-state index in [-0.39, 0.29) is 5.63 Å². The van der Waals surface area contributed by atoms with Crippen molar-refractivity contribution in [2.75, 3.05) is 5.43 Å². The number of aromatic nitrogens is 1. The summed E-state index contributed by atoms with van der Waals surface area (Å²) < 4.78 is 6.33. The van der Waals surface area contributed by atoms with Gasteiger partial charge >= 0.3 is 5.63 Å². The summed E-state index contributed by atoms with van der Waals surface area (Å²) >= 11 is 4.77. The lowest BCUT2D eigenvalue weighted by Gasteiger charge is -2.00. The Kier molecular flexibility index (Phi) is 4.64. The highest BCUT2D eigenvalue weighted by molar-refractivity contribution is 9.10. The van der Waals surface area contributed by atoms with Crippen LogP contribution in [0.4, 0.5) is 5.13 Å². The van der Waals surface area contributed by atoms with Crippen molar-refractivity contribution < 1.29 is 4.42 Å². The normalized spacial score (nSPS) is 11.3. The van der Waals surface area contributed by atoms with Crippen LogP contribution in [0.2, 0.25) is 0 Å². The third kappa shape index (κ3) is 3.58. The first-order valence-corrected chi connectivity index (χ1v) is 9.34. The van der Waals surface area contributed by atoms with Crippen molar-refractivity contribution in [1.29, 1.82) is 0 Å². The number of benzene rings is 2. The van der Waals surface area contributed by atoms with Crippen molar-refractivity contribution in [3.63, 3.8) is 0 Å². The topological polar surface area (TPSA) is 67.5 Å². The Morgan fingerprint density at radius 1 is 1.15 bits per heavy atom. The predicted octanol–water partition coefficient (Wildman–Crippen LogP) is 5.13. The number of halogens is 1. The highest BCUT2D eigenvalue weighted by atomic mass is 79.9. The van der Waals surface area contributed by atoms with Crippen LogP contribution < -0.4 is 11.1 Å². The number of anilines is 1. The fraction of sp³-hybridized carbons (Fsp3) is 0. The van der Waals surface area contributed by atoms with Crippen molar-refractivity contribution in [3.8, 4) is 10.4 Å². The van der Waals surface area contributed by atoms with Crippen molar-refractivity contribution in [1.82, 2.24) is 4.98 Å². The monoisotopic (exact) mass is 425 g/mol. The molecule has 0 amide bonds. The molecule has 0 saturated carbocycles. The van der Waals surface area contributed by atoms with Crippen LogP contribution in [0.15, 0.2) is 79.6 Å². The van der Waals surface area contributed by atoms with Gasteiger partial charge in [0.2, 0.25) is 5.13 Å². The van der Waals surface area contributed by atoms with Crippen molar-refractivity contribution in [2.45, 2.75) is 0 Å². The Labute approximate surface area is 161 Å². The molecule has 2 aromatic carbocycles. The van der Waals surface area contributed by atoms with Crippen molar-refractivity contribution in [3.05, 3.63) is 81.3 Å². The molecule has 0 aliphatic rings. The second kappa shape index (κ2) is 7.23. The Balaban J connectivity index is 1.59. The zero-order valence-corrected chi connectivity index (χ0v) is 15.8. The van der Waals surface area contributed by atoms with Crippen LogP contribution in [0.1, 0.15) is 5.56 Å². The molecule has 0 aliphatic carbocycles. The van der Waals surface area contributed by atoms with Crippen molar-refractivity contribution >= 4 is 49.6 Å². The largest absolute Gasteiger partial charge is 0.422 e. The summed E-state index contributed by atoms with van der Waals surface area (Å²) in [6.45, 7) is 0. The third-order valence-corrected chi connectivity index (χ3v) is 5.07. The molecule has 0 radical (unpaired) electrons. The van der Waals surface area contributed by atoms with Gasteiger partial charge < -0.3 is 4.42 Å². The molecule has 2 heterocycles. The zero-order chi connectivity index (χ0) is 17.9. The number of hydrazone groups is 1. The molecule has 4 rings (SSSR count). The minimum Gasteiger partial charge on any atom is -0.422 e. The molecule has 26 heavy (non-hydrogen) atoms. The Morgan fingerprint density at radius 2 is 2.00 bits per heavy atom. The zero-order valence-electron chi connectivity index (χ0n) is 13.3. The summed E-state index contributed by atoms with van der Waals surface area (Å²) in [5, 5.41) is 5.61. The van der Waals surface area contributed by atoms with Crippen LogP contribution in [0, 0.1) is 0 Å². The van der Waals surface area contributed by atoms with Crippen LogP contribution >= 0.6 is 27.3 Å². The Morgan fingerprint density at radius 3 is 2.85 bits per heavy atom. The van der Waals surface area contributed by atoms with E-state index in [1.54, 1.807) is 18.5 Å². The molecule has 4 aromatic rings.